The molecule has 1 heterocycles. The van der Waals surface area contributed by atoms with Gasteiger partial charge in [0, 0.05) is 17.0 Å². The second-order valence-corrected chi connectivity index (χ2v) is 4.27. The lowest BCUT2D eigenvalue weighted by Gasteiger charge is -2.29. The summed E-state index contributed by atoms with van der Waals surface area (Å²) >= 11 is 5.86. The number of nitrogens with one attached hydrogen (secondary N) is 1. The Bertz CT molecular complexity index is 436. The van der Waals surface area contributed by atoms with Crippen molar-refractivity contribution in [3.05, 3.63) is 28.8 Å². The number of aliphatic hydroxyl groups is 1. The van der Waals surface area contributed by atoms with Crippen LogP contribution in [0.4, 0.5) is 0 Å². The smallest absolute Gasteiger partial charge is 0.222 e. The van der Waals surface area contributed by atoms with E-state index in [0.717, 1.165) is 0 Å². The van der Waals surface area contributed by atoms with Crippen LogP contribution in [0.3, 0.4) is 0 Å². The first kappa shape index (κ1) is 12.2. The van der Waals surface area contributed by atoms with E-state index in [1.807, 2.05) is 6.92 Å². The van der Waals surface area contributed by atoms with E-state index in [9.17, 15) is 5.11 Å². The molecular weight excluding hydrogens is 242 g/mol. The van der Waals surface area contributed by atoms with Crippen LogP contribution in [-0.2, 0) is 4.74 Å². The van der Waals surface area contributed by atoms with Crippen LogP contribution >= 0.6 is 11.6 Å². The molecule has 0 aliphatic carbocycles. The van der Waals surface area contributed by atoms with Crippen molar-refractivity contribution >= 4 is 17.5 Å². The summed E-state index contributed by atoms with van der Waals surface area (Å²) in [6.07, 6.45) is -0.895. The van der Waals surface area contributed by atoms with Crippen molar-refractivity contribution in [3.8, 4) is 5.75 Å². The molecule has 1 aromatic rings. The van der Waals surface area contributed by atoms with E-state index in [-0.39, 0.29) is 5.90 Å². The lowest BCUT2D eigenvalue weighted by molar-refractivity contribution is 0.0818. The highest BCUT2D eigenvalue weighted by Crippen LogP contribution is 2.36. The van der Waals surface area contributed by atoms with Gasteiger partial charge in [-0.05, 0) is 25.1 Å². The van der Waals surface area contributed by atoms with E-state index < -0.39 is 12.2 Å². The van der Waals surface area contributed by atoms with Crippen molar-refractivity contribution in [2.75, 3.05) is 6.61 Å². The van der Waals surface area contributed by atoms with Crippen molar-refractivity contribution in [1.29, 1.82) is 5.41 Å². The fraction of sp³-hybridized carbons (Fsp3) is 0.417. The average molecular weight is 256 g/mol. The molecule has 0 aromatic heterocycles. The SMILES string of the molecule is CCOC(=N)C1CC(O)c2cc(Cl)ccc2O1. The average Bonchev–Trinajstić information content (AvgIpc) is 2.30. The quantitative estimate of drug-likeness (QED) is 0.631. The summed E-state index contributed by atoms with van der Waals surface area (Å²) in [5.74, 6) is 0.606. The Hall–Kier alpha value is -1.26. The van der Waals surface area contributed by atoms with Gasteiger partial charge in [-0.15, -0.1) is 0 Å². The van der Waals surface area contributed by atoms with Crippen molar-refractivity contribution in [2.45, 2.75) is 25.6 Å². The molecule has 1 aromatic carbocycles. The van der Waals surface area contributed by atoms with Crippen LogP contribution in [0.25, 0.3) is 0 Å². The molecule has 4 nitrogen and oxygen atoms in total. The number of hydrogen-bond acceptors (Lipinski definition) is 4. The zero-order chi connectivity index (χ0) is 12.4. The first-order valence-corrected chi connectivity index (χ1v) is 5.85. The van der Waals surface area contributed by atoms with E-state index in [0.29, 0.717) is 29.4 Å². The first-order chi connectivity index (χ1) is 8.11. The minimum Gasteiger partial charge on any atom is -0.480 e. The van der Waals surface area contributed by atoms with Crippen molar-refractivity contribution in [2.24, 2.45) is 0 Å². The fourth-order valence-electron chi connectivity index (χ4n) is 1.83. The number of fused-ring (bicyclic) bond motifs is 1. The van der Waals surface area contributed by atoms with Gasteiger partial charge in [-0.1, -0.05) is 11.6 Å². The maximum atomic E-state index is 9.98. The van der Waals surface area contributed by atoms with Crippen LogP contribution in [0, 0.1) is 5.41 Å². The van der Waals surface area contributed by atoms with E-state index in [1.54, 1.807) is 18.2 Å². The predicted octanol–water partition coefficient (Wildman–Crippen LogP) is 2.54. The highest BCUT2D eigenvalue weighted by Gasteiger charge is 2.30. The zero-order valence-electron chi connectivity index (χ0n) is 9.44. The van der Waals surface area contributed by atoms with Crippen molar-refractivity contribution in [1.82, 2.24) is 0 Å². The largest absolute Gasteiger partial charge is 0.480 e. The summed E-state index contributed by atoms with van der Waals surface area (Å²) in [4.78, 5) is 0. The summed E-state index contributed by atoms with van der Waals surface area (Å²) in [5, 5.41) is 18.2. The Morgan fingerprint density at radius 3 is 3.12 bits per heavy atom. The van der Waals surface area contributed by atoms with Crippen LogP contribution in [0.2, 0.25) is 5.02 Å². The Balaban J connectivity index is 2.21. The number of rotatable bonds is 2. The van der Waals surface area contributed by atoms with Crippen LogP contribution in [0.5, 0.6) is 5.75 Å². The lowest BCUT2D eigenvalue weighted by atomic mass is 9.99. The van der Waals surface area contributed by atoms with Gasteiger partial charge in [0.15, 0.2) is 6.10 Å². The fourth-order valence-corrected chi connectivity index (χ4v) is 2.01. The Labute approximate surface area is 105 Å². The van der Waals surface area contributed by atoms with E-state index in [1.165, 1.54) is 0 Å². The molecular formula is C12H14ClNO3. The van der Waals surface area contributed by atoms with Gasteiger partial charge in [0.25, 0.3) is 0 Å². The molecule has 2 N–H and O–H groups in total. The summed E-state index contributed by atoms with van der Waals surface area (Å²) < 4.78 is 10.7. The molecule has 17 heavy (non-hydrogen) atoms. The third kappa shape index (κ3) is 2.53. The van der Waals surface area contributed by atoms with Gasteiger partial charge in [0.05, 0.1) is 12.7 Å². The van der Waals surface area contributed by atoms with Crippen LogP contribution in [0.15, 0.2) is 18.2 Å². The van der Waals surface area contributed by atoms with E-state index in [2.05, 4.69) is 0 Å². The topological polar surface area (TPSA) is 62.5 Å². The minimum atomic E-state index is -0.678. The molecule has 2 rings (SSSR count). The molecule has 92 valence electrons. The zero-order valence-corrected chi connectivity index (χ0v) is 10.2. The Morgan fingerprint density at radius 2 is 2.41 bits per heavy atom. The molecule has 0 fully saturated rings. The Morgan fingerprint density at radius 1 is 1.65 bits per heavy atom. The molecule has 0 spiro atoms. The number of halogens is 1. The predicted molar refractivity (Wildman–Crippen MR) is 64.8 cm³/mol. The molecule has 1 aliphatic rings. The molecule has 2 atom stereocenters. The maximum absolute atomic E-state index is 9.98. The molecule has 0 amide bonds. The second kappa shape index (κ2) is 4.94. The molecule has 0 saturated heterocycles. The third-order valence-corrected chi connectivity index (χ3v) is 2.86. The molecule has 5 heteroatoms. The number of ether oxygens (including phenoxy) is 2. The molecule has 0 radical (unpaired) electrons. The number of benzene rings is 1. The van der Waals surface area contributed by atoms with E-state index in [4.69, 9.17) is 26.5 Å². The molecule has 0 saturated carbocycles. The normalized spacial score (nSPS) is 22.5. The second-order valence-electron chi connectivity index (χ2n) is 3.84. The number of aliphatic hydroxyl groups excluding tert-OH is 1. The Kier molecular flexibility index (Phi) is 3.54. The lowest BCUT2D eigenvalue weighted by Crippen LogP contribution is -2.34. The molecule has 0 bridgehead atoms. The summed E-state index contributed by atoms with van der Waals surface area (Å²) in [6, 6.07) is 5.08. The van der Waals surface area contributed by atoms with Gasteiger partial charge in [-0.2, -0.15) is 0 Å². The van der Waals surface area contributed by atoms with Gasteiger partial charge in [-0.25, -0.2) is 0 Å². The maximum Gasteiger partial charge on any atom is 0.222 e. The standard InChI is InChI=1S/C12H14ClNO3/c1-2-16-12(14)11-6-9(15)8-5-7(13)3-4-10(8)17-11/h3-5,9,11,14-15H,2,6H2,1H3. The van der Waals surface area contributed by atoms with Gasteiger partial charge >= 0.3 is 0 Å². The molecule has 2 unspecified atom stereocenters. The van der Waals surface area contributed by atoms with Crippen LogP contribution in [-0.4, -0.2) is 23.7 Å². The number of hydrogen-bond donors (Lipinski definition) is 2. The van der Waals surface area contributed by atoms with E-state index >= 15 is 0 Å². The highest BCUT2D eigenvalue weighted by molar-refractivity contribution is 6.30. The van der Waals surface area contributed by atoms with Crippen molar-refractivity contribution < 1.29 is 14.6 Å². The summed E-state index contributed by atoms with van der Waals surface area (Å²) in [7, 11) is 0. The van der Waals surface area contributed by atoms with Gasteiger partial charge in [-0.3, -0.25) is 5.41 Å². The third-order valence-electron chi connectivity index (χ3n) is 2.63. The van der Waals surface area contributed by atoms with Gasteiger partial charge < -0.3 is 14.6 Å². The summed E-state index contributed by atoms with van der Waals surface area (Å²) in [5.41, 5.74) is 0.665. The molecule has 1 aliphatic heterocycles. The first-order valence-electron chi connectivity index (χ1n) is 5.47. The van der Waals surface area contributed by atoms with Gasteiger partial charge in [0.1, 0.15) is 5.75 Å². The van der Waals surface area contributed by atoms with Gasteiger partial charge in [0.2, 0.25) is 5.90 Å². The summed E-state index contributed by atoms with van der Waals surface area (Å²) in [6.45, 7) is 2.23. The monoisotopic (exact) mass is 255 g/mol. The highest BCUT2D eigenvalue weighted by atomic mass is 35.5. The van der Waals surface area contributed by atoms with Crippen molar-refractivity contribution in [3.63, 3.8) is 0 Å². The van der Waals surface area contributed by atoms with Crippen LogP contribution in [0.1, 0.15) is 25.0 Å². The minimum absolute atomic E-state index is 0.0483. The van der Waals surface area contributed by atoms with Crippen LogP contribution < -0.4 is 4.74 Å².